The van der Waals surface area contributed by atoms with Gasteiger partial charge in [-0.1, -0.05) is 20.8 Å². The molecule has 5 heteroatoms. The van der Waals surface area contributed by atoms with Crippen LogP contribution in [0, 0.1) is 5.41 Å². The molecule has 1 aromatic heterocycles. The van der Waals surface area contributed by atoms with E-state index in [1.54, 1.807) is 10.4 Å². The van der Waals surface area contributed by atoms with Gasteiger partial charge in [0.15, 0.2) is 0 Å². The predicted octanol–water partition coefficient (Wildman–Crippen LogP) is 1.55. The quantitative estimate of drug-likeness (QED) is 0.833. The monoisotopic (exact) mass is 266 g/mol. The summed E-state index contributed by atoms with van der Waals surface area (Å²) in [6.45, 7) is 7.25. The van der Waals surface area contributed by atoms with Crippen LogP contribution in [0.5, 0.6) is 0 Å². The topological polar surface area (TPSA) is 42.4 Å². The van der Waals surface area contributed by atoms with E-state index in [1.165, 1.54) is 11.3 Å². The summed E-state index contributed by atoms with van der Waals surface area (Å²) in [7, 11) is 0. The summed E-state index contributed by atoms with van der Waals surface area (Å²) in [6.07, 6.45) is 4.45. The molecule has 4 nitrogen and oxygen atoms in total. The molecular formula is C13H18N2O2S. The number of fused-ring (bicyclic) bond motifs is 1. The Morgan fingerprint density at radius 1 is 1.61 bits per heavy atom. The number of rotatable bonds is 3. The number of nitrogens with zero attached hydrogens (tertiary/aromatic N) is 2. The lowest BCUT2D eigenvalue weighted by Gasteiger charge is -2.24. The van der Waals surface area contributed by atoms with Gasteiger partial charge in [0.2, 0.25) is 0 Å². The SMILES string of the molecule is CCC(C)(C)COC(=O)N1C=c2scnc2=CC1. The van der Waals surface area contributed by atoms with Gasteiger partial charge in [-0.2, -0.15) is 0 Å². The number of ether oxygens (including phenoxy) is 1. The third-order valence-electron chi connectivity index (χ3n) is 3.16. The van der Waals surface area contributed by atoms with Crippen molar-refractivity contribution in [3.63, 3.8) is 0 Å². The fourth-order valence-electron chi connectivity index (χ4n) is 1.46. The first-order valence-electron chi connectivity index (χ1n) is 6.07. The van der Waals surface area contributed by atoms with E-state index >= 15 is 0 Å². The number of carbonyl (C=O) groups is 1. The molecule has 0 N–H and O–H groups in total. The standard InChI is InChI=1S/C13H18N2O2S/c1-4-13(2,3)8-17-12(16)15-6-5-10-11(7-15)18-9-14-10/h5,7,9H,4,6,8H2,1-3H3. The molecule has 1 aromatic rings. The second kappa shape index (κ2) is 5.10. The van der Waals surface area contributed by atoms with Gasteiger partial charge in [0.25, 0.3) is 0 Å². The summed E-state index contributed by atoms with van der Waals surface area (Å²) >= 11 is 1.53. The maximum absolute atomic E-state index is 11.9. The largest absolute Gasteiger partial charge is 0.449 e. The molecule has 0 fully saturated rings. The lowest BCUT2D eigenvalue weighted by molar-refractivity contribution is 0.0810. The molecule has 0 unspecified atom stereocenters. The van der Waals surface area contributed by atoms with Gasteiger partial charge < -0.3 is 4.74 Å². The number of thiazole rings is 1. The third kappa shape index (κ3) is 2.90. The summed E-state index contributed by atoms with van der Waals surface area (Å²) in [5.74, 6) is 0. The maximum Gasteiger partial charge on any atom is 0.414 e. The second-order valence-electron chi connectivity index (χ2n) is 5.16. The van der Waals surface area contributed by atoms with Crippen molar-refractivity contribution < 1.29 is 9.53 Å². The van der Waals surface area contributed by atoms with Crippen molar-refractivity contribution in [1.82, 2.24) is 9.88 Å². The van der Waals surface area contributed by atoms with Crippen LogP contribution >= 0.6 is 11.3 Å². The molecule has 0 saturated carbocycles. The van der Waals surface area contributed by atoms with Crippen LogP contribution in [0.3, 0.4) is 0 Å². The van der Waals surface area contributed by atoms with Gasteiger partial charge in [0.05, 0.1) is 22.0 Å². The van der Waals surface area contributed by atoms with E-state index in [1.807, 2.05) is 12.3 Å². The highest BCUT2D eigenvalue weighted by Crippen LogP contribution is 2.20. The minimum Gasteiger partial charge on any atom is -0.449 e. The Morgan fingerprint density at radius 3 is 3.11 bits per heavy atom. The minimum absolute atomic E-state index is 0.0325. The van der Waals surface area contributed by atoms with Crippen molar-refractivity contribution >= 4 is 29.7 Å². The lowest BCUT2D eigenvalue weighted by Crippen LogP contribution is -2.38. The van der Waals surface area contributed by atoms with Gasteiger partial charge in [-0.05, 0) is 17.9 Å². The van der Waals surface area contributed by atoms with Gasteiger partial charge in [-0.3, -0.25) is 4.90 Å². The number of carbonyl (C=O) groups excluding carboxylic acids is 1. The van der Waals surface area contributed by atoms with E-state index in [0.29, 0.717) is 13.2 Å². The molecule has 1 amide bonds. The van der Waals surface area contributed by atoms with Crippen LogP contribution in [0.25, 0.3) is 12.3 Å². The fraction of sp³-hybridized carbons (Fsp3) is 0.538. The molecule has 1 aliphatic rings. The first-order chi connectivity index (χ1) is 8.52. The molecule has 18 heavy (non-hydrogen) atoms. The van der Waals surface area contributed by atoms with Gasteiger partial charge in [0.1, 0.15) is 0 Å². The van der Waals surface area contributed by atoms with Gasteiger partial charge in [0, 0.05) is 12.7 Å². The molecular weight excluding hydrogens is 248 g/mol. The van der Waals surface area contributed by atoms with E-state index in [4.69, 9.17) is 4.74 Å². The third-order valence-corrected chi connectivity index (χ3v) is 3.94. The number of hydrogen-bond acceptors (Lipinski definition) is 4. The van der Waals surface area contributed by atoms with E-state index < -0.39 is 0 Å². The highest BCUT2D eigenvalue weighted by molar-refractivity contribution is 7.07. The van der Waals surface area contributed by atoms with Crippen LogP contribution in [-0.2, 0) is 4.74 Å². The Hall–Kier alpha value is -1.36. The Bertz CT molecular complexity index is 548. The zero-order chi connectivity index (χ0) is 13.2. The molecule has 0 bridgehead atoms. The van der Waals surface area contributed by atoms with Crippen LogP contribution < -0.4 is 9.88 Å². The Morgan fingerprint density at radius 2 is 2.39 bits per heavy atom. The summed E-state index contributed by atoms with van der Waals surface area (Å²) in [6, 6.07) is 0. The summed E-state index contributed by atoms with van der Waals surface area (Å²) in [5.41, 5.74) is 1.82. The van der Waals surface area contributed by atoms with Crippen molar-refractivity contribution in [2.24, 2.45) is 5.41 Å². The average Bonchev–Trinajstić information content (AvgIpc) is 2.83. The van der Waals surface area contributed by atoms with Gasteiger partial charge in [-0.25, -0.2) is 9.78 Å². The zero-order valence-corrected chi connectivity index (χ0v) is 11.8. The van der Waals surface area contributed by atoms with E-state index in [0.717, 1.165) is 16.3 Å². The zero-order valence-electron chi connectivity index (χ0n) is 11.0. The van der Waals surface area contributed by atoms with Crippen molar-refractivity contribution in [3.05, 3.63) is 15.4 Å². The Kier molecular flexibility index (Phi) is 3.71. The molecule has 0 aliphatic carbocycles. The molecule has 2 heterocycles. The molecule has 0 aromatic carbocycles. The van der Waals surface area contributed by atoms with Crippen LogP contribution in [-0.4, -0.2) is 29.1 Å². The first kappa shape index (κ1) is 13.1. The van der Waals surface area contributed by atoms with E-state index in [-0.39, 0.29) is 11.5 Å². The van der Waals surface area contributed by atoms with E-state index in [9.17, 15) is 4.79 Å². The second-order valence-corrected chi connectivity index (χ2v) is 6.05. The highest BCUT2D eigenvalue weighted by atomic mass is 32.1. The minimum atomic E-state index is -0.285. The summed E-state index contributed by atoms with van der Waals surface area (Å²) < 4.78 is 6.36. The van der Waals surface area contributed by atoms with Crippen molar-refractivity contribution in [2.45, 2.75) is 27.2 Å². The highest BCUT2D eigenvalue weighted by Gasteiger charge is 2.20. The first-order valence-corrected chi connectivity index (χ1v) is 6.95. The van der Waals surface area contributed by atoms with Crippen molar-refractivity contribution in [3.8, 4) is 0 Å². The molecule has 0 spiro atoms. The van der Waals surface area contributed by atoms with Gasteiger partial charge >= 0.3 is 6.09 Å². The van der Waals surface area contributed by atoms with Gasteiger partial charge in [-0.15, -0.1) is 11.3 Å². The molecule has 2 rings (SSSR count). The number of aromatic nitrogens is 1. The molecule has 98 valence electrons. The Labute approximate surface area is 111 Å². The lowest BCUT2D eigenvalue weighted by atomic mass is 9.92. The number of hydrogen-bond donors (Lipinski definition) is 0. The van der Waals surface area contributed by atoms with Crippen LogP contribution in [0.4, 0.5) is 4.79 Å². The summed E-state index contributed by atoms with van der Waals surface area (Å²) in [4.78, 5) is 17.7. The maximum atomic E-state index is 11.9. The van der Waals surface area contributed by atoms with Crippen LogP contribution in [0.2, 0.25) is 0 Å². The van der Waals surface area contributed by atoms with Crippen LogP contribution in [0.1, 0.15) is 27.2 Å². The molecule has 1 aliphatic heterocycles. The normalized spacial score (nSPS) is 14.5. The van der Waals surface area contributed by atoms with Crippen molar-refractivity contribution in [2.75, 3.05) is 13.2 Å². The van der Waals surface area contributed by atoms with Crippen molar-refractivity contribution in [1.29, 1.82) is 0 Å². The summed E-state index contributed by atoms with van der Waals surface area (Å²) in [5, 5.41) is 0.956. The smallest absolute Gasteiger partial charge is 0.414 e. The molecule has 0 saturated heterocycles. The van der Waals surface area contributed by atoms with Crippen LogP contribution in [0.15, 0.2) is 5.51 Å². The Balaban J connectivity index is 2.00. The number of amides is 1. The fourth-order valence-corrected chi connectivity index (χ4v) is 2.19. The average molecular weight is 266 g/mol. The predicted molar refractivity (Wildman–Crippen MR) is 72.4 cm³/mol. The molecule has 0 atom stereocenters. The van der Waals surface area contributed by atoms with E-state index in [2.05, 4.69) is 25.8 Å². The molecule has 0 radical (unpaired) electrons.